The fourth-order valence-corrected chi connectivity index (χ4v) is 2.55. The van der Waals surface area contributed by atoms with E-state index in [9.17, 15) is 9.59 Å². The van der Waals surface area contributed by atoms with Crippen LogP contribution in [-0.4, -0.2) is 29.4 Å². The molecule has 2 rings (SSSR count). The fourth-order valence-electron chi connectivity index (χ4n) is 2.55. The van der Waals surface area contributed by atoms with Crippen LogP contribution in [0.5, 0.6) is 5.75 Å². The van der Waals surface area contributed by atoms with Crippen molar-refractivity contribution in [2.24, 2.45) is 0 Å². The highest BCUT2D eigenvalue weighted by molar-refractivity contribution is 6.04. The molecule has 2 amide bonds. The minimum absolute atomic E-state index is 0.00357. The van der Waals surface area contributed by atoms with E-state index in [4.69, 9.17) is 4.74 Å². The van der Waals surface area contributed by atoms with E-state index in [2.05, 4.69) is 5.32 Å². The van der Waals surface area contributed by atoms with E-state index in [1.807, 2.05) is 63.2 Å². The molecule has 0 unspecified atom stereocenters. The van der Waals surface area contributed by atoms with E-state index in [1.54, 1.807) is 17.0 Å². The van der Waals surface area contributed by atoms with Gasteiger partial charge in [-0.3, -0.25) is 9.59 Å². The van der Waals surface area contributed by atoms with Gasteiger partial charge in [-0.1, -0.05) is 42.5 Å². The molecule has 0 atom stereocenters. The summed E-state index contributed by atoms with van der Waals surface area (Å²) in [5.41, 5.74) is 1.61. The molecule has 2 aromatic rings. The summed E-state index contributed by atoms with van der Waals surface area (Å²) in [6, 6.07) is 17.0. The number of amides is 2. The summed E-state index contributed by atoms with van der Waals surface area (Å²) in [5, 5.41) is 2.78. The van der Waals surface area contributed by atoms with E-state index in [-0.39, 0.29) is 24.3 Å². The van der Waals surface area contributed by atoms with Crippen molar-refractivity contribution in [1.29, 1.82) is 0 Å². The van der Waals surface area contributed by atoms with Crippen LogP contribution in [0, 0.1) is 0 Å². The summed E-state index contributed by atoms with van der Waals surface area (Å²) in [7, 11) is 0. The molecule has 0 aliphatic carbocycles. The number of ether oxygens (including phenoxy) is 1. The maximum absolute atomic E-state index is 12.5. The van der Waals surface area contributed by atoms with E-state index in [1.165, 1.54) is 0 Å². The maximum atomic E-state index is 12.5. The first kappa shape index (κ1) is 19.5. The molecule has 1 N–H and O–H groups in total. The van der Waals surface area contributed by atoms with Crippen molar-refractivity contribution in [2.45, 2.75) is 39.8 Å². The molecular formula is C21H26N2O3. The first-order valence-electron chi connectivity index (χ1n) is 8.86. The van der Waals surface area contributed by atoms with E-state index in [0.717, 1.165) is 5.56 Å². The minimum Gasteiger partial charge on any atom is -0.489 e. The van der Waals surface area contributed by atoms with Crippen LogP contribution in [0.25, 0.3) is 0 Å². The van der Waals surface area contributed by atoms with Gasteiger partial charge in [0.15, 0.2) is 0 Å². The van der Waals surface area contributed by atoms with Gasteiger partial charge in [0.25, 0.3) is 0 Å². The molecule has 2 aromatic carbocycles. The number of hydrogen-bond acceptors (Lipinski definition) is 3. The van der Waals surface area contributed by atoms with Gasteiger partial charge in [-0.15, -0.1) is 0 Å². The quantitative estimate of drug-likeness (QED) is 0.733. The van der Waals surface area contributed by atoms with Crippen molar-refractivity contribution >= 4 is 17.5 Å². The van der Waals surface area contributed by atoms with Crippen molar-refractivity contribution in [1.82, 2.24) is 4.90 Å². The lowest BCUT2D eigenvalue weighted by Gasteiger charge is -2.21. The Balaban J connectivity index is 1.97. The monoisotopic (exact) mass is 354 g/mol. The van der Waals surface area contributed by atoms with Gasteiger partial charge in [-0.05, 0) is 38.5 Å². The lowest BCUT2D eigenvalue weighted by atomic mass is 10.2. The lowest BCUT2D eigenvalue weighted by molar-refractivity contribution is -0.134. The summed E-state index contributed by atoms with van der Waals surface area (Å²) in [6.45, 7) is 6.80. The molecule has 5 heteroatoms. The molecule has 26 heavy (non-hydrogen) atoms. The predicted molar refractivity (Wildman–Crippen MR) is 103 cm³/mol. The Kier molecular flexibility index (Phi) is 7.21. The van der Waals surface area contributed by atoms with Crippen LogP contribution in [-0.2, 0) is 16.1 Å². The van der Waals surface area contributed by atoms with Crippen molar-refractivity contribution in [2.75, 3.05) is 11.9 Å². The normalized spacial score (nSPS) is 10.5. The molecule has 0 radical (unpaired) electrons. The average molecular weight is 354 g/mol. The maximum Gasteiger partial charge on any atom is 0.233 e. The number of carbonyl (C=O) groups is 2. The van der Waals surface area contributed by atoms with Gasteiger partial charge in [-0.25, -0.2) is 0 Å². The Labute approximate surface area is 155 Å². The van der Waals surface area contributed by atoms with Crippen LogP contribution in [0.4, 0.5) is 5.69 Å². The summed E-state index contributed by atoms with van der Waals surface area (Å²) in [6.07, 6.45) is -0.201. The number of hydrogen-bond donors (Lipinski definition) is 1. The second kappa shape index (κ2) is 9.61. The zero-order valence-electron chi connectivity index (χ0n) is 15.6. The molecule has 138 valence electrons. The van der Waals surface area contributed by atoms with Crippen LogP contribution in [0.3, 0.4) is 0 Å². The van der Waals surface area contributed by atoms with E-state index < -0.39 is 0 Å². The molecule has 0 aromatic heterocycles. The number of para-hydroxylation sites is 2. The van der Waals surface area contributed by atoms with Gasteiger partial charge in [-0.2, -0.15) is 0 Å². The molecule has 0 aliphatic heterocycles. The van der Waals surface area contributed by atoms with Crippen molar-refractivity contribution in [3.8, 4) is 5.75 Å². The van der Waals surface area contributed by atoms with Crippen molar-refractivity contribution in [3.05, 3.63) is 60.2 Å². The van der Waals surface area contributed by atoms with Gasteiger partial charge < -0.3 is 15.0 Å². The fraction of sp³-hybridized carbons (Fsp3) is 0.333. The van der Waals surface area contributed by atoms with Crippen LogP contribution < -0.4 is 10.1 Å². The third kappa shape index (κ3) is 5.92. The standard InChI is InChI=1S/C21H26N2O3/c1-4-23(15-17-10-6-5-7-11-17)21(25)14-20(24)22-18-12-8-9-13-19(18)26-16(2)3/h5-13,16H,4,14-15H2,1-3H3,(H,22,24). The number of benzene rings is 2. The number of nitrogens with one attached hydrogen (secondary N) is 1. The smallest absolute Gasteiger partial charge is 0.233 e. The summed E-state index contributed by atoms with van der Waals surface area (Å²) in [4.78, 5) is 26.5. The largest absolute Gasteiger partial charge is 0.489 e. The Morgan fingerprint density at radius 2 is 1.69 bits per heavy atom. The molecule has 0 bridgehead atoms. The molecule has 0 heterocycles. The summed E-state index contributed by atoms with van der Waals surface area (Å²) >= 11 is 0. The highest BCUT2D eigenvalue weighted by atomic mass is 16.5. The van der Waals surface area contributed by atoms with Gasteiger partial charge in [0.1, 0.15) is 12.2 Å². The first-order valence-corrected chi connectivity index (χ1v) is 8.86. The predicted octanol–water partition coefficient (Wildman–Crippen LogP) is 3.85. The topological polar surface area (TPSA) is 58.6 Å². The number of carbonyl (C=O) groups excluding carboxylic acids is 2. The first-order chi connectivity index (χ1) is 12.5. The third-order valence-corrected chi connectivity index (χ3v) is 3.79. The van der Waals surface area contributed by atoms with Crippen LogP contribution in [0.2, 0.25) is 0 Å². The Bertz CT molecular complexity index is 729. The lowest BCUT2D eigenvalue weighted by Crippen LogP contribution is -2.33. The Hall–Kier alpha value is -2.82. The van der Waals surface area contributed by atoms with Gasteiger partial charge in [0.05, 0.1) is 11.8 Å². The van der Waals surface area contributed by atoms with Gasteiger partial charge >= 0.3 is 0 Å². The molecular weight excluding hydrogens is 328 g/mol. The molecule has 0 saturated carbocycles. The minimum atomic E-state index is -0.346. The second-order valence-electron chi connectivity index (χ2n) is 6.28. The summed E-state index contributed by atoms with van der Waals surface area (Å²) < 4.78 is 5.69. The molecule has 0 fully saturated rings. The third-order valence-electron chi connectivity index (χ3n) is 3.79. The molecule has 5 nitrogen and oxygen atoms in total. The number of rotatable bonds is 8. The number of nitrogens with zero attached hydrogens (tertiary/aromatic N) is 1. The Morgan fingerprint density at radius 1 is 1.04 bits per heavy atom. The van der Waals surface area contributed by atoms with E-state index in [0.29, 0.717) is 24.5 Å². The number of anilines is 1. The van der Waals surface area contributed by atoms with Crippen LogP contribution in [0.1, 0.15) is 32.8 Å². The highest BCUT2D eigenvalue weighted by Gasteiger charge is 2.17. The molecule has 0 saturated heterocycles. The van der Waals surface area contributed by atoms with Gasteiger partial charge in [0.2, 0.25) is 11.8 Å². The average Bonchev–Trinajstić information content (AvgIpc) is 2.61. The zero-order chi connectivity index (χ0) is 18.9. The molecule has 0 spiro atoms. The van der Waals surface area contributed by atoms with Gasteiger partial charge in [0, 0.05) is 13.1 Å². The van der Waals surface area contributed by atoms with Crippen molar-refractivity contribution < 1.29 is 14.3 Å². The SMILES string of the molecule is CCN(Cc1ccccc1)C(=O)CC(=O)Nc1ccccc1OC(C)C. The Morgan fingerprint density at radius 3 is 2.35 bits per heavy atom. The van der Waals surface area contributed by atoms with Crippen molar-refractivity contribution in [3.63, 3.8) is 0 Å². The molecule has 0 aliphatic rings. The van der Waals surface area contributed by atoms with Crippen LogP contribution in [0.15, 0.2) is 54.6 Å². The second-order valence-corrected chi connectivity index (χ2v) is 6.28. The zero-order valence-corrected chi connectivity index (χ0v) is 15.6. The highest BCUT2D eigenvalue weighted by Crippen LogP contribution is 2.25. The summed E-state index contributed by atoms with van der Waals surface area (Å²) in [5.74, 6) is 0.0531. The van der Waals surface area contributed by atoms with Crippen LogP contribution >= 0.6 is 0 Å². The van der Waals surface area contributed by atoms with E-state index >= 15 is 0 Å².